The number of aryl methyl sites for hydroxylation is 1. The Hall–Kier alpha value is -1.40. The van der Waals surface area contributed by atoms with Crippen molar-refractivity contribution in [3.05, 3.63) is 16.5 Å². The summed E-state index contributed by atoms with van der Waals surface area (Å²) >= 11 is 1.25. The summed E-state index contributed by atoms with van der Waals surface area (Å²) in [5.41, 5.74) is 0.922. The zero-order valence-electron chi connectivity index (χ0n) is 15.1. The maximum Gasteiger partial charge on any atom is 0.348 e. The Morgan fingerprint density at radius 1 is 1.39 bits per heavy atom. The number of thiophene rings is 1. The number of rotatable bonds is 6. The molecule has 0 saturated heterocycles. The van der Waals surface area contributed by atoms with Gasteiger partial charge in [0.15, 0.2) is 0 Å². The topological polar surface area (TPSA) is 58.6 Å². The van der Waals surface area contributed by atoms with Gasteiger partial charge in [-0.2, -0.15) is 0 Å². The normalized spacial score (nSPS) is 13.0. The van der Waals surface area contributed by atoms with Gasteiger partial charge in [0.2, 0.25) is 5.91 Å². The molecule has 1 atom stereocenters. The molecule has 1 amide bonds. The lowest BCUT2D eigenvalue weighted by atomic mass is 9.87. The van der Waals surface area contributed by atoms with Gasteiger partial charge in [0.1, 0.15) is 4.88 Å². The van der Waals surface area contributed by atoms with Crippen LogP contribution >= 0.6 is 11.3 Å². The van der Waals surface area contributed by atoms with E-state index in [1.165, 1.54) is 11.3 Å². The summed E-state index contributed by atoms with van der Waals surface area (Å²) < 4.78 is 5.01. The van der Waals surface area contributed by atoms with Crippen LogP contribution in [0.25, 0.3) is 0 Å². The minimum absolute atomic E-state index is 0.0831. The Balaban J connectivity index is 2.68. The van der Waals surface area contributed by atoms with Gasteiger partial charge >= 0.3 is 5.97 Å². The number of anilines is 1. The fourth-order valence-electron chi connectivity index (χ4n) is 2.14. The minimum atomic E-state index is -0.339. The molecule has 0 aliphatic heterocycles. The van der Waals surface area contributed by atoms with Crippen LogP contribution in [0, 0.1) is 12.3 Å². The average Bonchev–Trinajstić information content (AvgIpc) is 2.77. The zero-order chi connectivity index (χ0) is 17.8. The van der Waals surface area contributed by atoms with Gasteiger partial charge < -0.3 is 10.1 Å². The smallest absolute Gasteiger partial charge is 0.348 e. The molecule has 1 aromatic rings. The fraction of sp³-hybridized carbons (Fsp3) is 0.647. The molecule has 5 nitrogen and oxygen atoms in total. The second-order valence-corrected chi connectivity index (χ2v) is 7.90. The summed E-state index contributed by atoms with van der Waals surface area (Å²) in [5, 5.41) is 3.54. The third kappa shape index (κ3) is 5.62. The number of likely N-dealkylation sites (N-methyl/N-ethyl adjacent to an activating group) is 1. The summed E-state index contributed by atoms with van der Waals surface area (Å²) in [6, 6.07) is 2.08. The van der Waals surface area contributed by atoms with Gasteiger partial charge in [-0.3, -0.25) is 9.69 Å². The second kappa shape index (κ2) is 7.93. The third-order valence-electron chi connectivity index (χ3n) is 3.95. The van der Waals surface area contributed by atoms with E-state index in [0.29, 0.717) is 23.0 Å². The van der Waals surface area contributed by atoms with E-state index in [2.05, 4.69) is 33.0 Å². The van der Waals surface area contributed by atoms with Crippen LogP contribution in [0.4, 0.5) is 5.00 Å². The summed E-state index contributed by atoms with van der Waals surface area (Å²) in [6.45, 7) is 12.8. The van der Waals surface area contributed by atoms with E-state index >= 15 is 0 Å². The monoisotopic (exact) mass is 340 g/mol. The number of nitrogens with one attached hydrogen (secondary N) is 1. The van der Waals surface area contributed by atoms with E-state index in [1.54, 1.807) is 6.92 Å². The first-order valence-corrected chi connectivity index (χ1v) is 8.65. The van der Waals surface area contributed by atoms with Crippen molar-refractivity contribution >= 4 is 28.2 Å². The van der Waals surface area contributed by atoms with E-state index in [1.807, 2.05) is 24.9 Å². The first-order chi connectivity index (χ1) is 10.6. The van der Waals surface area contributed by atoms with Crippen LogP contribution in [0.2, 0.25) is 0 Å². The molecule has 0 bridgehead atoms. The number of hydrogen-bond acceptors (Lipinski definition) is 5. The first-order valence-electron chi connectivity index (χ1n) is 7.83. The van der Waals surface area contributed by atoms with Crippen molar-refractivity contribution in [1.82, 2.24) is 4.90 Å². The summed E-state index contributed by atoms with van der Waals surface area (Å²) in [5.74, 6) is -0.422. The SMILES string of the molecule is CCOC(=O)c1sc(NC(=O)CN(C)C(C)C(C)(C)C)cc1C. The van der Waals surface area contributed by atoms with Gasteiger partial charge in [-0.15, -0.1) is 11.3 Å². The van der Waals surface area contributed by atoms with Crippen molar-refractivity contribution in [2.75, 3.05) is 25.5 Å². The van der Waals surface area contributed by atoms with E-state index < -0.39 is 0 Å². The Morgan fingerprint density at radius 2 is 2.00 bits per heavy atom. The predicted octanol–water partition coefficient (Wildman–Crippen LogP) is 3.54. The molecule has 0 spiro atoms. The highest BCUT2D eigenvalue weighted by Gasteiger charge is 2.25. The summed E-state index contributed by atoms with van der Waals surface area (Å²) in [4.78, 5) is 26.6. The van der Waals surface area contributed by atoms with Crippen LogP contribution in [0.1, 0.15) is 49.9 Å². The third-order valence-corrected chi connectivity index (χ3v) is 5.08. The number of ether oxygens (including phenoxy) is 1. The quantitative estimate of drug-likeness (QED) is 0.805. The number of esters is 1. The van der Waals surface area contributed by atoms with Crippen LogP contribution in [-0.2, 0) is 9.53 Å². The largest absolute Gasteiger partial charge is 0.462 e. The van der Waals surface area contributed by atoms with Crippen molar-refractivity contribution in [3.8, 4) is 0 Å². The molecule has 0 saturated carbocycles. The maximum atomic E-state index is 12.2. The highest BCUT2D eigenvalue weighted by molar-refractivity contribution is 7.18. The summed E-state index contributed by atoms with van der Waals surface area (Å²) in [6.07, 6.45) is 0. The lowest BCUT2D eigenvalue weighted by Gasteiger charge is -2.34. The van der Waals surface area contributed by atoms with Gasteiger partial charge in [-0.1, -0.05) is 20.8 Å². The highest BCUT2D eigenvalue weighted by atomic mass is 32.1. The van der Waals surface area contributed by atoms with Crippen molar-refractivity contribution in [1.29, 1.82) is 0 Å². The molecule has 1 heterocycles. The number of hydrogen-bond donors (Lipinski definition) is 1. The van der Waals surface area contributed by atoms with Crippen LogP contribution < -0.4 is 5.32 Å². The number of amides is 1. The first kappa shape index (κ1) is 19.6. The van der Waals surface area contributed by atoms with Gasteiger partial charge in [-0.25, -0.2) is 4.79 Å². The van der Waals surface area contributed by atoms with E-state index in [9.17, 15) is 9.59 Å². The molecule has 1 rings (SSSR count). The van der Waals surface area contributed by atoms with Gasteiger partial charge in [0.25, 0.3) is 0 Å². The molecule has 6 heteroatoms. The van der Waals surface area contributed by atoms with Crippen LogP contribution in [0.5, 0.6) is 0 Å². The van der Waals surface area contributed by atoms with E-state index in [4.69, 9.17) is 4.74 Å². The van der Waals surface area contributed by atoms with E-state index in [0.717, 1.165) is 5.56 Å². The summed E-state index contributed by atoms with van der Waals surface area (Å²) in [7, 11) is 1.94. The molecule has 0 aliphatic rings. The Bertz CT molecular complexity index is 561. The lowest BCUT2D eigenvalue weighted by molar-refractivity contribution is -0.117. The molecule has 0 fully saturated rings. The molecule has 1 aromatic heterocycles. The van der Waals surface area contributed by atoms with Gasteiger partial charge in [0, 0.05) is 6.04 Å². The molecule has 0 aliphatic carbocycles. The van der Waals surface area contributed by atoms with E-state index in [-0.39, 0.29) is 23.3 Å². The number of carbonyl (C=O) groups is 2. The molecule has 1 N–H and O–H groups in total. The van der Waals surface area contributed by atoms with Crippen molar-refractivity contribution in [3.63, 3.8) is 0 Å². The molecule has 1 unspecified atom stereocenters. The van der Waals surface area contributed by atoms with Crippen LogP contribution in [-0.4, -0.2) is 43.0 Å². The zero-order valence-corrected chi connectivity index (χ0v) is 16.0. The molecule has 23 heavy (non-hydrogen) atoms. The van der Waals surface area contributed by atoms with Crippen molar-refractivity contribution in [2.45, 2.75) is 47.6 Å². The highest BCUT2D eigenvalue weighted by Crippen LogP contribution is 2.27. The number of nitrogens with zero attached hydrogens (tertiary/aromatic N) is 1. The van der Waals surface area contributed by atoms with Gasteiger partial charge in [-0.05, 0) is 44.9 Å². The van der Waals surface area contributed by atoms with Crippen LogP contribution in [0.3, 0.4) is 0 Å². The fourth-order valence-corrected chi connectivity index (χ4v) is 3.13. The maximum absolute atomic E-state index is 12.2. The lowest BCUT2D eigenvalue weighted by Crippen LogP contribution is -2.43. The Kier molecular flexibility index (Phi) is 6.77. The predicted molar refractivity (Wildman–Crippen MR) is 95.2 cm³/mol. The van der Waals surface area contributed by atoms with Crippen LogP contribution in [0.15, 0.2) is 6.07 Å². The van der Waals surface area contributed by atoms with Gasteiger partial charge in [0.05, 0.1) is 18.2 Å². The average molecular weight is 340 g/mol. The standard InChI is InChI=1S/C17H28N2O3S/c1-8-22-16(21)15-11(2)9-14(23-15)18-13(20)10-19(7)12(3)17(4,5)6/h9,12H,8,10H2,1-7H3,(H,18,20). The molecular formula is C17H28N2O3S. The molecule has 0 radical (unpaired) electrons. The Labute approximate surface area is 143 Å². The number of carbonyl (C=O) groups excluding carboxylic acids is 2. The Morgan fingerprint density at radius 3 is 2.52 bits per heavy atom. The second-order valence-electron chi connectivity index (χ2n) is 6.85. The van der Waals surface area contributed by atoms with Crippen molar-refractivity contribution < 1.29 is 14.3 Å². The molecular weight excluding hydrogens is 312 g/mol. The minimum Gasteiger partial charge on any atom is -0.462 e. The molecule has 130 valence electrons. The molecule has 0 aromatic carbocycles. The van der Waals surface area contributed by atoms with Crippen molar-refractivity contribution in [2.24, 2.45) is 5.41 Å².